The van der Waals surface area contributed by atoms with Gasteiger partial charge < -0.3 is 14.2 Å². The van der Waals surface area contributed by atoms with Crippen LogP contribution in [0.15, 0.2) is 27.3 Å². The van der Waals surface area contributed by atoms with Crippen molar-refractivity contribution in [2.45, 2.75) is 39.5 Å². The quantitative estimate of drug-likeness (QED) is 0.597. The van der Waals surface area contributed by atoms with Crippen LogP contribution in [0.4, 0.5) is 5.82 Å². The maximum Gasteiger partial charge on any atom is 0.248 e. The molecule has 0 radical (unpaired) electrons. The normalized spacial score (nSPS) is 14.5. The second-order valence-electron chi connectivity index (χ2n) is 7.76. The van der Waals surface area contributed by atoms with Crippen molar-refractivity contribution in [1.82, 2.24) is 25.1 Å². The van der Waals surface area contributed by atoms with Crippen molar-refractivity contribution in [2.75, 3.05) is 31.1 Å². The first-order valence-corrected chi connectivity index (χ1v) is 11.2. The van der Waals surface area contributed by atoms with Gasteiger partial charge in [0, 0.05) is 67.6 Å². The van der Waals surface area contributed by atoms with Crippen LogP contribution in [0.5, 0.6) is 0 Å². The summed E-state index contributed by atoms with van der Waals surface area (Å²) in [5.74, 6) is 3.23. The molecule has 30 heavy (non-hydrogen) atoms. The van der Waals surface area contributed by atoms with Crippen molar-refractivity contribution in [3.63, 3.8) is 0 Å². The minimum atomic E-state index is 0.117. The van der Waals surface area contributed by atoms with Crippen molar-refractivity contribution >= 4 is 23.1 Å². The SMILES string of the molecule is Cc1cc(N2CCN(C(=O)CCc3nnc(-c4ccsc4)o3)CC2)nc(C(C)C)n1. The third kappa shape index (κ3) is 4.67. The van der Waals surface area contributed by atoms with Gasteiger partial charge >= 0.3 is 0 Å². The summed E-state index contributed by atoms with van der Waals surface area (Å²) in [4.78, 5) is 26.0. The Morgan fingerprint density at radius 2 is 2.00 bits per heavy atom. The Labute approximate surface area is 180 Å². The van der Waals surface area contributed by atoms with E-state index < -0.39 is 0 Å². The Balaban J connectivity index is 1.29. The number of carbonyl (C=O) groups is 1. The van der Waals surface area contributed by atoms with Gasteiger partial charge in [0.15, 0.2) is 0 Å². The molecular weight excluding hydrogens is 400 g/mol. The van der Waals surface area contributed by atoms with Crippen LogP contribution in [0, 0.1) is 6.92 Å². The van der Waals surface area contributed by atoms with E-state index in [2.05, 4.69) is 33.9 Å². The zero-order chi connectivity index (χ0) is 21.1. The number of thiophene rings is 1. The average molecular weight is 427 g/mol. The molecule has 0 spiro atoms. The third-order valence-electron chi connectivity index (χ3n) is 5.12. The van der Waals surface area contributed by atoms with Crippen LogP contribution in [0.1, 0.15) is 43.6 Å². The lowest BCUT2D eigenvalue weighted by Gasteiger charge is -2.35. The van der Waals surface area contributed by atoms with Gasteiger partial charge in [-0.05, 0) is 18.4 Å². The van der Waals surface area contributed by atoms with Crippen LogP contribution in [0.2, 0.25) is 0 Å². The van der Waals surface area contributed by atoms with E-state index in [9.17, 15) is 4.79 Å². The summed E-state index contributed by atoms with van der Waals surface area (Å²) < 4.78 is 5.67. The van der Waals surface area contributed by atoms with E-state index >= 15 is 0 Å². The molecule has 0 unspecified atom stereocenters. The first-order chi connectivity index (χ1) is 14.5. The number of hydrogen-bond donors (Lipinski definition) is 0. The molecule has 0 N–H and O–H groups in total. The first kappa shape index (κ1) is 20.5. The Bertz CT molecular complexity index is 993. The molecule has 0 atom stereocenters. The molecule has 1 saturated heterocycles. The standard InChI is InChI=1S/C21H26N6O2S/c1-14(2)20-22-15(3)12-17(23-20)26-7-9-27(10-8-26)19(28)5-4-18-24-25-21(29-18)16-6-11-30-13-16/h6,11-14H,4-5,7-10H2,1-3H3. The third-order valence-corrected chi connectivity index (χ3v) is 5.80. The van der Waals surface area contributed by atoms with Gasteiger partial charge in [-0.3, -0.25) is 4.79 Å². The summed E-state index contributed by atoms with van der Waals surface area (Å²) in [7, 11) is 0. The number of nitrogens with zero attached hydrogens (tertiary/aromatic N) is 6. The smallest absolute Gasteiger partial charge is 0.248 e. The van der Waals surface area contributed by atoms with E-state index in [1.165, 1.54) is 0 Å². The van der Waals surface area contributed by atoms with E-state index in [0.29, 0.717) is 37.7 Å². The van der Waals surface area contributed by atoms with E-state index in [1.54, 1.807) is 11.3 Å². The fourth-order valence-corrected chi connectivity index (χ4v) is 4.04. The van der Waals surface area contributed by atoms with E-state index in [0.717, 1.165) is 36.0 Å². The number of piperazine rings is 1. The Hall–Kier alpha value is -2.81. The number of anilines is 1. The Morgan fingerprint density at radius 3 is 2.70 bits per heavy atom. The highest BCUT2D eigenvalue weighted by Crippen LogP contribution is 2.21. The van der Waals surface area contributed by atoms with Crippen LogP contribution < -0.4 is 4.90 Å². The summed E-state index contributed by atoms with van der Waals surface area (Å²) in [5, 5.41) is 12.1. The average Bonchev–Trinajstić information content (AvgIpc) is 3.43. The topological polar surface area (TPSA) is 88.2 Å². The molecule has 8 nitrogen and oxygen atoms in total. The highest BCUT2D eigenvalue weighted by atomic mass is 32.1. The molecule has 0 aliphatic carbocycles. The highest BCUT2D eigenvalue weighted by molar-refractivity contribution is 7.08. The van der Waals surface area contributed by atoms with Gasteiger partial charge in [-0.25, -0.2) is 9.97 Å². The molecular formula is C21H26N6O2S. The zero-order valence-corrected chi connectivity index (χ0v) is 18.4. The molecule has 0 saturated carbocycles. The van der Waals surface area contributed by atoms with E-state index in [4.69, 9.17) is 9.40 Å². The lowest BCUT2D eigenvalue weighted by Crippen LogP contribution is -2.49. The minimum absolute atomic E-state index is 0.117. The lowest BCUT2D eigenvalue weighted by molar-refractivity contribution is -0.131. The van der Waals surface area contributed by atoms with Gasteiger partial charge in [0.2, 0.25) is 17.7 Å². The summed E-state index contributed by atoms with van der Waals surface area (Å²) in [6, 6.07) is 3.96. The number of hydrogen-bond acceptors (Lipinski definition) is 8. The lowest BCUT2D eigenvalue weighted by atomic mass is 10.2. The van der Waals surface area contributed by atoms with Gasteiger partial charge in [-0.15, -0.1) is 10.2 Å². The molecule has 1 aliphatic rings. The van der Waals surface area contributed by atoms with Gasteiger partial charge in [-0.1, -0.05) is 13.8 Å². The molecule has 0 bridgehead atoms. The van der Waals surface area contributed by atoms with Crippen molar-refractivity contribution in [3.8, 4) is 11.5 Å². The molecule has 3 aromatic rings. The monoisotopic (exact) mass is 426 g/mol. The van der Waals surface area contributed by atoms with Gasteiger partial charge in [0.05, 0.1) is 0 Å². The highest BCUT2D eigenvalue weighted by Gasteiger charge is 2.23. The maximum atomic E-state index is 12.6. The number of aryl methyl sites for hydroxylation is 2. The molecule has 0 aromatic carbocycles. The minimum Gasteiger partial charge on any atom is -0.421 e. The molecule has 1 fully saturated rings. The number of aromatic nitrogens is 4. The van der Waals surface area contributed by atoms with Crippen LogP contribution in [-0.2, 0) is 11.2 Å². The molecule has 3 aromatic heterocycles. The molecule has 158 valence electrons. The van der Waals surface area contributed by atoms with Crippen molar-refractivity contribution in [3.05, 3.63) is 40.3 Å². The maximum absolute atomic E-state index is 12.6. The van der Waals surface area contributed by atoms with Crippen molar-refractivity contribution < 1.29 is 9.21 Å². The Morgan fingerprint density at radius 1 is 1.20 bits per heavy atom. The van der Waals surface area contributed by atoms with Crippen molar-refractivity contribution in [2.24, 2.45) is 0 Å². The van der Waals surface area contributed by atoms with Crippen LogP contribution in [-0.4, -0.2) is 57.2 Å². The molecule has 1 aliphatic heterocycles. The van der Waals surface area contributed by atoms with Gasteiger partial charge in [0.25, 0.3) is 0 Å². The Kier molecular flexibility index (Phi) is 6.08. The fraction of sp³-hybridized carbons (Fsp3) is 0.476. The zero-order valence-electron chi connectivity index (χ0n) is 17.5. The molecule has 1 amide bonds. The van der Waals surface area contributed by atoms with Gasteiger partial charge in [-0.2, -0.15) is 11.3 Å². The number of rotatable bonds is 6. The van der Waals surface area contributed by atoms with Gasteiger partial charge in [0.1, 0.15) is 11.6 Å². The second-order valence-corrected chi connectivity index (χ2v) is 8.54. The molecule has 9 heteroatoms. The number of carbonyl (C=O) groups excluding carboxylic acids is 1. The van der Waals surface area contributed by atoms with E-state index in [1.807, 2.05) is 34.7 Å². The van der Waals surface area contributed by atoms with E-state index in [-0.39, 0.29) is 11.8 Å². The predicted molar refractivity (Wildman–Crippen MR) is 116 cm³/mol. The fourth-order valence-electron chi connectivity index (χ4n) is 3.41. The molecule has 4 rings (SSSR count). The second kappa shape index (κ2) is 8.91. The largest absolute Gasteiger partial charge is 0.421 e. The molecule has 4 heterocycles. The van der Waals surface area contributed by atoms with Crippen molar-refractivity contribution in [1.29, 1.82) is 0 Å². The number of amides is 1. The predicted octanol–water partition coefficient (Wildman–Crippen LogP) is 3.30. The van der Waals surface area contributed by atoms with Crippen LogP contribution in [0.3, 0.4) is 0 Å². The summed E-state index contributed by atoms with van der Waals surface area (Å²) in [6.45, 7) is 9.10. The van der Waals surface area contributed by atoms with Crippen LogP contribution in [0.25, 0.3) is 11.5 Å². The van der Waals surface area contributed by atoms with Crippen LogP contribution >= 0.6 is 11.3 Å². The summed E-state index contributed by atoms with van der Waals surface area (Å²) in [6.07, 6.45) is 0.828. The summed E-state index contributed by atoms with van der Waals surface area (Å²) in [5.41, 5.74) is 1.89. The first-order valence-electron chi connectivity index (χ1n) is 10.2. The summed E-state index contributed by atoms with van der Waals surface area (Å²) >= 11 is 1.58.